The number of alkyl carbamates (subject to hydrolysis) is 1. The van der Waals surface area contributed by atoms with Crippen molar-refractivity contribution in [1.29, 1.82) is 0 Å². The van der Waals surface area contributed by atoms with E-state index in [4.69, 9.17) is 9.26 Å². The molecule has 1 aromatic rings. The van der Waals surface area contributed by atoms with Gasteiger partial charge in [-0.15, -0.1) is 0 Å². The average Bonchev–Trinajstić information content (AvgIpc) is 3.25. The molecule has 1 saturated heterocycles. The van der Waals surface area contributed by atoms with E-state index in [1.165, 1.54) is 11.8 Å². The third-order valence-electron chi connectivity index (χ3n) is 5.02. The molecule has 2 N–H and O–H groups in total. The van der Waals surface area contributed by atoms with Crippen molar-refractivity contribution < 1.29 is 33.3 Å². The summed E-state index contributed by atoms with van der Waals surface area (Å²) >= 11 is 0. The largest absolute Gasteiger partial charge is 0.480 e. The van der Waals surface area contributed by atoms with Crippen LogP contribution in [0.3, 0.4) is 0 Å². The number of likely N-dealkylation sites (tertiary alicyclic amines) is 1. The highest BCUT2D eigenvalue weighted by Gasteiger charge is 2.36. The monoisotopic (exact) mass is 454 g/mol. The molecule has 0 aromatic heterocycles. The molecule has 1 aliphatic heterocycles. The minimum absolute atomic E-state index is 0.216. The van der Waals surface area contributed by atoms with Crippen molar-refractivity contribution in [3.63, 3.8) is 0 Å². The second kappa shape index (κ2) is 13.1. The zero-order valence-electron chi connectivity index (χ0n) is 17.7. The fourth-order valence-electron chi connectivity index (χ4n) is 3.36. The number of aliphatic carboxylic acids is 1. The SMILES string of the molecule is C[C@H](O[PH](=O)CCCCCNC(=O)OCc1ccccc1)C(=O)N1CCC[C@H]1C(=O)O. The second-order valence-electron chi connectivity index (χ2n) is 7.46. The molecule has 0 radical (unpaired) electrons. The van der Waals surface area contributed by atoms with Crippen molar-refractivity contribution in [3.8, 4) is 0 Å². The highest BCUT2D eigenvalue weighted by molar-refractivity contribution is 7.39. The van der Waals surface area contributed by atoms with Crippen LogP contribution in [0.25, 0.3) is 0 Å². The van der Waals surface area contributed by atoms with Gasteiger partial charge in [0.05, 0.1) is 0 Å². The Bertz CT molecular complexity index is 759. The number of hydrogen-bond acceptors (Lipinski definition) is 6. The van der Waals surface area contributed by atoms with E-state index in [-0.39, 0.29) is 6.61 Å². The van der Waals surface area contributed by atoms with Crippen molar-refractivity contribution in [2.45, 2.75) is 57.8 Å². The van der Waals surface area contributed by atoms with E-state index in [0.29, 0.717) is 44.9 Å². The molecule has 1 aliphatic rings. The first kappa shape index (κ1) is 24.9. The molecule has 3 atom stereocenters. The number of rotatable bonds is 12. The Morgan fingerprint density at radius 3 is 2.68 bits per heavy atom. The van der Waals surface area contributed by atoms with Crippen LogP contribution in [0.1, 0.15) is 44.6 Å². The summed E-state index contributed by atoms with van der Waals surface area (Å²) in [6.45, 7) is 2.56. The third-order valence-corrected chi connectivity index (χ3v) is 6.39. The van der Waals surface area contributed by atoms with Gasteiger partial charge in [-0.3, -0.25) is 9.36 Å². The molecule has 172 valence electrons. The standard InChI is InChI=1S/C21H31N2O7P/c1-16(19(24)23-13-8-11-18(23)20(25)26)30-31(28)14-7-3-6-12-22-21(27)29-15-17-9-4-2-5-10-17/h2,4-5,9-10,16,18,31H,3,6-8,11-15H2,1H3,(H,22,27)(H,25,26)/t16-,18-/m0/s1. The summed E-state index contributed by atoms with van der Waals surface area (Å²) in [5, 5.41) is 11.8. The van der Waals surface area contributed by atoms with Gasteiger partial charge in [-0.1, -0.05) is 36.8 Å². The molecule has 1 fully saturated rings. The van der Waals surface area contributed by atoms with Crippen molar-refractivity contribution in [2.75, 3.05) is 19.3 Å². The smallest absolute Gasteiger partial charge is 0.407 e. The van der Waals surface area contributed by atoms with E-state index in [1.807, 2.05) is 30.3 Å². The second-order valence-corrected chi connectivity index (χ2v) is 8.94. The van der Waals surface area contributed by atoms with E-state index in [2.05, 4.69) is 5.32 Å². The van der Waals surface area contributed by atoms with Crippen LogP contribution in [0.15, 0.2) is 30.3 Å². The zero-order chi connectivity index (χ0) is 22.6. The number of carboxylic acid groups (broad SMARTS) is 1. The van der Waals surface area contributed by atoms with Crippen LogP contribution in [0, 0.1) is 0 Å². The minimum Gasteiger partial charge on any atom is -0.480 e. The number of unbranched alkanes of at least 4 members (excludes halogenated alkanes) is 2. The van der Waals surface area contributed by atoms with Crippen LogP contribution in [-0.4, -0.2) is 59.4 Å². The Hall–Kier alpha value is -2.38. The number of nitrogens with one attached hydrogen (secondary N) is 1. The number of amides is 2. The van der Waals surface area contributed by atoms with E-state index in [0.717, 1.165) is 12.0 Å². The Kier molecular flexibility index (Phi) is 10.5. The van der Waals surface area contributed by atoms with Gasteiger partial charge < -0.3 is 24.6 Å². The number of nitrogens with zero attached hydrogens (tertiary/aromatic N) is 1. The lowest BCUT2D eigenvalue weighted by Gasteiger charge is -2.24. The molecular formula is C21H31N2O7P. The number of hydrogen-bond donors (Lipinski definition) is 2. The minimum atomic E-state index is -2.40. The van der Waals surface area contributed by atoms with E-state index >= 15 is 0 Å². The van der Waals surface area contributed by atoms with E-state index < -0.39 is 38.1 Å². The summed E-state index contributed by atoms with van der Waals surface area (Å²) in [7, 11) is -2.40. The van der Waals surface area contributed by atoms with Crippen LogP contribution in [-0.2, 0) is 30.0 Å². The fraction of sp³-hybridized carbons (Fsp3) is 0.571. The number of benzene rings is 1. The number of carbonyl (C=O) groups is 3. The lowest BCUT2D eigenvalue weighted by Crippen LogP contribution is -2.44. The number of carbonyl (C=O) groups excluding carboxylic acids is 2. The topological polar surface area (TPSA) is 122 Å². The fourth-order valence-corrected chi connectivity index (χ4v) is 4.51. The molecule has 0 saturated carbocycles. The Morgan fingerprint density at radius 1 is 1.23 bits per heavy atom. The van der Waals surface area contributed by atoms with Gasteiger partial charge in [0.2, 0.25) is 0 Å². The number of carboxylic acids is 1. The summed E-state index contributed by atoms with van der Waals surface area (Å²) in [5.41, 5.74) is 0.915. The van der Waals surface area contributed by atoms with Crippen molar-refractivity contribution in [1.82, 2.24) is 10.2 Å². The summed E-state index contributed by atoms with van der Waals surface area (Å²) in [4.78, 5) is 36.5. The van der Waals surface area contributed by atoms with E-state index in [9.17, 15) is 24.1 Å². The molecule has 2 rings (SSSR count). The van der Waals surface area contributed by atoms with Crippen LogP contribution < -0.4 is 5.32 Å². The Labute approximate surface area is 183 Å². The molecule has 1 aromatic carbocycles. The predicted molar refractivity (Wildman–Crippen MR) is 115 cm³/mol. The molecular weight excluding hydrogens is 423 g/mol. The maximum Gasteiger partial charge on any atom is 0.407 e. The molecule has 31 heavy (non-hydrogen) atoms. The van der Waals surface area contributed by atoms with Gasteiger partial charge in [-0.05, 0) is 38.2 Å². The van der Waals surface area contributed by atoms with Gasteiger partial charge in [0, 0.05) is 19.3 Å². The van der Waals surface area contributed by atoms with Crippen molar-refractivity contribution in [2.24, 2.45) is 0 Å². The first-order chi connectivity index (χ1) is 14.9. The molecule has 1 unspecified atom stereocenters. The molecule has 0 spiro atoms. The summed E-state index contributed by atoms with van der Waals surface area (Å²) in [6.07, 6.45) is 2.09. The van der Waals surface area contributed by atoms with Gasteiger partial charge >= 0.3 is 12.1 Å². The lowest BCUT2D eigenvalue weighted by molar-refractivity contribution is -0.150. The maximum absolute atomic E-state index is 12.4. The zero-order valence-corrected chi connectivity index (χ0v) is 18.7. The van der Waals surface area contributed by atoms with Gasteiger partial charge in [-0.2, -0.15) is 0 Å². The average molecular weight is 454 g/mol. The normalized spacial score (nSPS) is 17.7. The molecule has 2 amide bonds. The first-order valence-electron chi connectivity index (χ1n) is 10.6. The van der Waals surface area contributed by atoms with Crippen LogP contribution in [0.2, 0.25) is 0 Å². The van der Waals surface area contributed by atoms with E-state index in [1.54, 1.807) is 0 Å². The van der Waals surface area contributed by atoms with Crippen molar-refractivity contribution in [3.05, 3.63) is 35.9 Å². The Balaban J connectivity index is 1.54. The molecule has 0 bridgehead atoms. The van der Waals surface area contributed by atoms with Crippen LogP contribution in [0.4, 0.5) is 4.79 Å². The van der Waals surface area contributed by atoms with Gasteiger partial charge in [0.1, 0.15) is 18.8 Å². The molecule has 1 heterocycles. The Morgan fingerprint density at radius 2 is 1.97 bits per heavy atom. The number of ether oxygens (including phenoxy) is 1. The van der Waals surface area contributed by atoms with Gasteiger partial charge in [0.25, 0.3) is 5.91 Å². The van der Waals surface area contributed by atoms with Gasteiger partial charge in [0.15, 0.2) is 8.03 Å². The van der Waals surface area contributed by atoms with Crippen LogP contribution in [0.5, 0.6) is 0 Å². The third kappa shape index (κ3) is 8.71. The quantitative estimate of drug-likeness (QED) is 0.368. The predicted octanol–water partition coefficient (Wildman–Crippen LogP) is 3.04. The highest BCUT2D eigenvalue weighted by Crippen LogP contribution is 2.28. The summed E-state index contributed by atoms with van der Waals surface area (Å²) < 4.78 is 22.6. The lowest BCUT2D eigenvalue weighted by atomic mass is 10.2. The molecule has 9 nitrogen and oxygen atoms in total. The van der Waals surface area contributed by atoms with Crippen LogP contribution >= 0.6 is 8.03 Å². The summed E-state index contributed by atoms with van der Waals surface area (Å²) in [6, 6.07) is 8.57. The highest BCUT2D eigenvalue weighted by atomic mass is 31.1. The van der Waals surface area contributed by atoms with Gasteiger partial charge in [-0.25, -0.2) is 9.59 Å². The molecule has 0 aliphatic carbocycles. The van der Waals surface area contributed by atoms with Crippen molar-refractivity contribution >= 4 is 26.0 Å². The maximum atomic E-state index is 12.4. The summed E-state index contributed by atoms with van der Waals surface area (Å²) in [5.74, 6) is -1.45. The molecule has 10 heteroatoms. The first-order valence-corrected chi connectivity index (χ1v) is 12.1.